The minimum absolute atomic E-state index is 0.766. The van der Waals surface area contributed by atoms with Crippen LogP contribution in [0.15, 0.2) is 30.3 Å². The van der Waals surface area contributed by atoms with Crippen LogP contribution in [0.4, 0.5) is 0 Å². The summed E-state index contributed by atoms with van der Waals surface area (Å²) in [6.07, 6.45) is 0. The molecule has 0 atom stereocenters. The Labute approximate surface area is 97.9 Å². The average Bonchev–Trinajstić information content (AvgIpc) is 2.65. The van der Waals surface area contributed by atoms with Gasteiger partial charge in [-0.05, 0) is 19.1 Å². The van der Waals surface area contributed by atoms with Gasteiger partial charge in [0.2, 0.25) is 0 Å². The van der Waals surface area contributed by atoms with Crippen molar-refractivity contribution in [2.24, 2.45) is 7.05 Å². The molecule has 0 spiro atoms. The number of hydrogen-bond donors (Lipinski definition) is 0. The van der Waals surface area contributed by atoms with Crippen molar-refractivity contribution in [3.8, 4) is 0 Å². The molecule has 3 aromatic rings. The van der Waals surface area contributed by atoms with Crippen LogP contribution in [0.1, 0.15) is 5.82 Å². The third kappa shape index (κ3) is 1.13. The van der Waals surface area contributed by atoms with Gasteiger partial charge in [-0.3, -0.25) is 9.08 Å². The molecule has 0 aliphatic carbocycles. The predicted octanol–water partition coefficient (Wildman–Crippen LogP) is 2.86. The van der Waals surface area contributed by atoms with E-state index < -0.39 is 0 Å². The Morgan fingerprint density at radius 1 is 1.19 bits per heavy atom. The van der Waals surface area contributed by atoms with Crippen LogP contribution in [0.25, 0.3) is 16.4 Å². The van der Waals surface area contributed by atoms with E-state index in [0.29, 0.717) is 0 Å². The minimum Gasteiger partial charge on any atom is -0.294 e. The summed E-state index contributed by atoms with van der Waals surface area (Å²) in [6.45, 7) is 1.99. The molecule has 1 aromatic carbocycles. The summed E-state index contributed by atoms with van der Waals surface area (Å²) in [7, 11) is 1.88. The van der Waals surface area contributed by atoms with Gasteiger partial charge in [0.1, 0.15) is 10.5 Å². The van der Waals surface area contributed by atoms with E-state index in [0.717, 1.165) is 21.5 Å². The average molecular weight is 229 g/mol. The van der Waals surface area contributed by atoms with Crippen LogP contribution < -0.4 is 0 Å². The number of aromatic nitrogens is 3. The van der Waals surface area contributed by atoms with Crippen molar-refractivity contribution < 1.29 is 0 Å². The lowest BCUT2D eigenvalue weighted by Crippen LogP contribution is -2.06. The van der Waals surface area contributed by atoms with Gasteiger partial charge in [-0.25, -0.2) is 0 Å². The summed E-state index contributed by atoms with van der Waals surface area (Å²) in [5, 5.41) is 5.60. The summed E-state index contributed by atoms with van der Waals surface area (Å²) < 4.78 is 4.62. The highest BCUT2D eigenvalue weighted by atomic mass is 32.1. The Kier molecular flexibility index (Phi) is 1.88. The van der Waals surface area contributed by atoms with Crippen LogP contribution in [0.2, 0.25) is 0 Å². The van der Waals surface area contributed by atoms with Gasteiger partial charge < -0.3 is 0 Å². The molecule has 2 aromatic heterocycles. The van der Waals surface area contributed by atoms with E-state index in [4.69, 9.17) is 12.2 Å². The van der Waals surface area contributed by atoms with Gasteiger partial charge in [0, 0.05) is 12.4 Å². The Morgan fingerprint density at radius 2 is 1.94 bits per heavy atom. The molecular formula is C12H11N3S. The molecule has 80 valence electrons. The van der Waals surface area contributed by atoms with Crippen LogP contribution >= 0.6 is 12.2 Å². The van der Waals surface area contributed by atoms with Crippen molar-refractivity contribution in [3.63, 3.8) is 0 Å². The third-order valence-corrected chi connectivity index (χ3v) is 3.32. The van der Waals surface area contributed by atoms with E-state index in [1.807, 2.05) is 26.1 Å². The maximum Gasteiger partial charge on any atom is 0.146 e. The molecule has 0 saturated heterocycles. The van der Waals surface area contributed by atoms with Crippen molar-refractivity contribution in [1.82, 2.24) is 14.2 Å². The topological polar surface area (TPSA) is 22.2 Å². The first-order chi connectivity index (χ1) is 7.68. The number of benzene rings is 1. The molecule has 0 amide bonds. The summed E-state index contributed by atoms with van der Waals surface area (Å²) in [4.78, 5) is 0. The highest BCUT2D eigenvalue weighted by molar-refractivity contribution is 7.71. The van der Waals surface area contributed by atoms with Crippen molar-refractivity contribution >= 4 is 28.6 Å². The second kappa shape index (κ2) is 3.15. The molecular weight excluding hydrogens is 218 g/mol. The largest absolute Gasteiger partial charge is 0.294 e. The van der Waals surface area contributed by atoms with E-state index in [1.165, 1.54) is 5.39 Å². The Bertz CT molecular complexity index is 752. The highest BCUT2D eigenvalue weighted by Gasteiger charge is 2.07. The van der Waals surface area contributed by atoms with Gasteiger partial charge in [0.25, 0.3) is 0 Å². The molecule has 0 N–H and O–H groups in total. The predicted molar refractivity (Wildman–Crippen MR) is 67.2 cm³/mol. The van der Waals surface area contributed by atoms with Crippen LogP contribution in [-0.4, -0.2) is 14.2 Å². The van der Waals surface area contributed by atoms with Crippen LogP contribution in [0.3, 0.4) is 0 Å². The SMILES string of the molecule is Cc1nn(C)c(=S)c2cc3ccccc3n12. The van der Waals surface area contributed by atoms with Gasteiger partial charge in [0.05, 0.1) is 11.0 Å². The molecule has 0 saturated carbocycles. The fourth-order valence-electron chi connectivity index (χ4n) is 2.13. The number of rotatable bonds is 0. The maximum absolute atomic E-state index is 5.38. The number of aryl methyl sites for hydroxylation is 2. The molecule has 0 bridgehead atoms. The zero-order valence-electron chi connectivity index (χ0n) is 9.14. The van der Waals surface area contributed by atoms with Gasteiger partial charge in [-0.15, -0.1) is 0 Å². The van der Waals surface area contributed by atoms with Gasteiger partial charge >= 0.3 is 0 Å². The Balaban J connectivity index is 2.70. The number of nitrogens with zero attached hydrogens (tertiary/aromatic N) is 3. The molecule has 3 nitrogen and oxygen atoms in total. The Hall–Kier alpha value is -1.68. The summed E-state index contributed by atoms with van der Waals surface area (Å²) in [5.41, 5.74) is 2.21. The van der Waals surface area contributed by atoms with Gasteiger partial charge in [0.15, 0.2) is 0 Å². The lowest BCUT2D eigenvalue weighted by Gasteiger charge is -2.05. The molecule has 0 unspecified atom stereocenters. The Morgan fingerprint density at radius 3 is 2.75 bits per heavy atom. The normalized spacial score (nSPS) is 11.4. The van der Waals surface area contributed by atoms with Crippen molar-refractivity contribution in [2.45, 2.75) is 6.92 Å². The van der Waals surface area contributed by atoms with E-state index in [9.17, 15) is 0 Å². The van der Waals surface area contributed by atoms with Gasteiger partial charge in [-0.2, -0.15) is 5.10 Å². The molecule has 3 rings (SSSR count). The summed E-state index contributed by atoms with van der Waals surface area (Å²) in [5.74, 6) is 0.951. The molecule has 0 fully saturated rings. The fourth-order valence-corrected chi connectivity index (χ4v) is 2.32. The molecule has 16 heavy (non-hydrogen) atoms. The smallest absolute Gasteiger partial charge is 0.146 e. The van der Waals surface area contributed by atoms with Crippen LogP contribution in [0.5, 0.6) is 0 Å². The van der Waals surface area contributed by atoms with E-state index in [-0.39, 0.29) is 0 Å². The summed E-state index contributed by atoms with van der Waals surface area (Å²) >= 11 is 5.38. The number of fused-ring (bicyclic) bond motifs is 3. The standard InChI is InChI=1S/C12H11N3S/c1-8-13-14(2)12(16)11-7-9-5-3-4-6-10(9)15(8)11/h3-7H,1-2H3. The summed E-state index contributed by atoms with van der Waals surface area (Å²) in [6, 6.07) is 10.4. The molecule has 0 radical (unpaired) electrons. The second-order valence-electron chi connectivity index (χ2n) is 3.90. The quantitative estimate of drug-likeness (QED) is 0.553. The first-order valence-electron chi connectivity index (χ1n) is 5.12. The molecule has 0 aliphatic rings. The molecule has 4 heteroatoms. The van der Waals surface area contributed by atoms with Crippen molar-refractivity contribution in [2.75, 3.05) is 0 Å². The second-order valence-corrected chi connectivity index (χ2v) is 4.29. The first-order valence-corrected chi connectivity index (χ1v) is 5.53. The van der Waals surface area contributed by atoms with Crippen LogP contribution in [-0.2, 0) is 7.05 Å². The maximum atomic E-state index is 5.38. The lowest BCUT2D eigenvalue weighted by molar-refractivity contribution is 0.688. The third-order valence-electron chi connectivity index (χ3n) is 2.84. The van der Waals surface area contributed by atoms with E-state index in [1.54, 1.807) is 4.68 Å². The fraction of sp³-hybridized carbons (Fsp3) is 0.167. The van der Waals surface area contributed by atoms with Crippen LogP contribution in [0, 0.1) is 11.6 Å². The van der Waals surface area contributed by atoms with Crippen molar-refractivity contribution in [1.29, 1.82) is 0 Å². The number of para-hydroxylation sites is 1. The van der Waals surface area contributed by atoms with Gasteiger partial charge in [-0.1, -0.05) is 30.4 Å². The number of hydrogen-bond acceptors (Lipinski definition) is 2. The monoisotopic (exact) mass is 229 g/mol. The first kappa shape index (κ1) is 9.54. The van der Waals surface area contributed by atoms with E-state index in [2.05, 4.69) is 27.7 Å². The zero-order chi connectivity index (χ0) is 11.3. The minimum atomic E-state index is 0.766. The lowest BCUT2D eigenvalue weighted by atomic mass is 10.2. The zero-order valence-corrected chi connectivity index (χ0v) is 9.95. The van der Waals surface area contributed by atoms with E-state index >= 15 is 0 Å². The molecule has 2 heterocycles. The van der Waals surface area contributed by atoms with Crippen molar-refractivity contribution in [3.05, 3.63) is 40.8 Å². The molecule has 0 aliphatic heterocycles. The highest BCUT2D eigenvalue weighted by Crippen LogP contribution is 2.21.